The van der Waals surface area contributed by atoms with E-state index in [1.54, 1.807) is 4.90 Å². The highest BCUT2D eigenvalue weighted by Gasteiger charge is 2.33. The molecule has 5 heteroatoms. The Morgan fingerprint density at radius 3 is 2.81 bits per heavy atom. The molecule has 1 aromatic rings. The number of hydrogen-bond donors (Lipinski definition) is 2. The number of rotatable bonds is 5. The minimum absolute atomic E-state index is 0.149. The first-order chi connectivity index (χ1) is 10.0. The van der Waals surface area contributed by atoms with Gasteiger partial charge in [-0.15, -0.1) is 0 Å². The number of carboxylic acid groups (broad SMARTS) is 1. The van der Waals surface area contributed by atoms with Crippen LogP contribution in [0.2, 0.25) is 0 Å². The lowest BCUT2D eigenvalue weighted by Gasteiger charge is -2.34. The summed E-state index contributed by atoms with van der Waals surface area (Å²) < 4.78 is 0. The zero-order valence-electron chi connectivity index (χ0n) is 12.3. The summed E-state index contributed by atoms with van der Waals surface area (Å²) in [6.07, 6.45) is 2.53. The van der Waals surface area contributed by atoms with Crippen molar-refractivity contribution < 1.29 is 14.7 Å². The molecule has 0 saturated heterocycles. The normalized spacial score (nSPS) is 19.0. The van der Waals surface area contributed by atoms with Gasteiger partial charge in [0.1, 0.15) is 0 Å². The summed E-state index contributed by atoms with van der Waals surface area (Å²) >= 11 is 0. The van der Waals surface area contributed by atoms with Crippen molar-refractivity contribution in [1.29, 1.82) is 0 Å². The largest absolute Gasteiger partial charge is 0.481 e. The monoisotopic (exact) mass is 290 g/mol. The molecule has 0 bridgehead atoms. The van der Waals surface area contributed by atoms with Crippen molar-refractivity contribution >= 4 is 11.9 Å². The third-order valence-corrected chi connectivity index (χ3v) is 3.99. The van der Waals surface area contributed by atoms with Crippen molar-refractivity contribution in [3.63, 3.8) is 0 Å². The molecule has 1 heterocycles. The molecule has 0 aromatic heterocycles. The Bertz CT molecular complexity index is 530. The molecule has 2 rings (SSSR count). The van der Waals surface area contributed by atoms with Gasteiger partial charge in [-0.1, -0.05) is 44.0 Å². The van der Waals surface area contributed by atoms with Crippen LogP contribution in [0, 0.1) is 0 Å². The number of unbranched alkanes of at least 4 members (excludes halogenated alkanes) is 1. The third-order valence-electron chi connectivity index (χ3n) is 3.99. The van der Waals surface area contributed by atoms with E-state index in [0.717, 1.165) is 24.0 Å². The Morgan fingerprint density at radius 2 is 2.14 bits per heavy atom. The predicted octanol–water partition coefficient (Wildman–Crippen LogP) is 1.71. The molecule has 1 unspecified atom stereocenters. The van der Waals surface area contributed by atoms with E-state index < -0.39 is 17.9 Å². The Kier molecular flexibility index (Phi) is 4.96. The van der Waals surface area contributed by atoms with Crippen molar-refractivity contribution in [3.8, 4) is 0 Å². The maximum absolute atomic E-state index is 12.4. The van der Waals surface area contributed by atoms with E-state index in [2.05, 4.69) is 6.92 Å². The zero-order valence-corrected chi connectivity index (χ0v) is 12.3. The van der Waals surface area contributed by atoms with Gasteiger partial charge >= 0.3 is 5.97 Å². The zero-order chi connectivity index (χ0) is 15.4. The summed E-state index contributed by atoms with van der Waals surface area (Å²) in [6, 6.07) is 6.86. The van der Waals surface area contributed by atoms with Crippen LogP contribution in [0.4, 0.5) is 0 Å². The first kappa shape index (κ1) is 15.5. The highest BCUT2D eigenvalue weighted by molar-refractivity contribution is 5.84. The second kappa shape index (κ2) is 6.72. The van der Waals surface area contributed by atoms with Gasteiger partial charge in [0, 0.05) is 13.1 Å². The van der Waals surface area contributed by atoms with Gasteiger partial charge in [-0.3, -0.25) is 9.59 Å². The van der Waals surface area contributed by atoms with Crippen LogP contribution >= 0.6 is 0 Å². The van der Waals surface area contributed by atoms with Gasteiger partial charge in [0.2, 0.25) is 5.91 Å². The van der Waals surface area contributed by atoms with E-state index in [9.17, 15) is 14.7 Å². The molecule has 5 nitrogen and oxygen atoms in total. The Labute approximate surface area is 124 Å². The van der Waals surface area contributed by atoms with Crippen LogP contribution in [0.15, 0.2) is 24.3 Å². The van der Waals surface area contributed by atoms with Crippen LogP contribution in [0.1, 0.15) is 43.2 Å². The summed E-state index contributed by atoms with van der Waals surface area (Å²) in [6.45, 7) is 2.69. The minimum Gasteiger partial charge on any atom is -0.481 e. The molecule has 0 radical (unpaired) electrons. The molecule has 114 valence electrons. The number of hydrogen-bond acceptors (Lipinski definition) is 3. The topological polar surface area (TPSA) is 83.6 Å². The summed E-state index contributed by atoms with van der Waals surface area (Å²) in [5, 5.41) is 9.40. The van der Waals surface area contributed by atoms with Crippen molar-refractivity contribution in [1.82, 2.24) is 4.90 Å². The molecular weight excluding hydrogens is 268 g/mol. The number of benzene rings is 1. The molecule has 2 atom stereocenters. The highest BCUT2D eigenvalue weighted by Crippen LogP contribution is 2.28. The van der Waals surface area contributed by atoms with Crippen LogP contribution in [0.25, 0.3) is 0 Å². The lowest BCUT2D eigenvalue weighted by molar-refractivity contribution is -0.141. The van der Waals surface area contributed by atoms with Gasteiger partial charge in [-0.2, -0.15) is 0 Å². The molecule has 1 aliphatic rings. The number of nitrogens with two attached hydrogens (primary N) is 1. The van der Waals surface area contributed by atoms with Gasteiger partial charge in [-0.25, -0.2) is 0 Å². The molecule has 0 fully saturated rings. The van der Waals surface area contributed by atoms with Gasteiger partial charge < -0.3 is 15.7 Å². The number of carbonyl (C=O) groups is 2. The summed E-state index contributed by atoms with van der Waals surface area (Å²) in [5.74, 6) is -1.72. The molecule has 1 aliphatic heterocycles. The van der Waals surface area contributed by atoms with E-state index in [4.69, 9.17) is 5.73 Å². The van der Waals surface area contributed by atoms with E-state index in [0.29, 0.717) is 13.0 Å². The van der Waals surface area contributed by atoms with E-state index >= 15 is 0 Å². The van der Waals surface area contributed by atoms with Crippen molar-refractivity contribution in [3.05, 3.63) is 35.4 Å². The standard InChI is InChI=1S/C16H22N2O3/c1-2-3-8-14(17)15(19)18-9-11-6-4-5-7-12(11)13(10-18)16(20)21/h4-7,13-14H,2-3,8-10,17H2,1H3,(H,20,21)/t13?,14-/m0/s1. The summed E-state index contributed by atoms with van der Waals surface area (Å²) in [7, 11) is 0. The molecule has 1 amide bonds. The lowest BCUT2D eigenvalue weighted by Crippen LogP contribution is -2.47. The first-order valence-electron chi connectivity index (χ1n) is 7.39. The first-order valence-corrected chi connectivity index (χ1v) is 7.39. The Morgan fingerprint density at radius 1 is 1.43 bits per heavy atom. The molecule has 0 saturated carbocycles. The fourth-order valence-electron chi connectivity index (χ4n) is 2.77. The highest BCUT2D eigenvalue weighted by atomic mass is 16.4. The molecule has 21 heavy (non-hydrogen) atoms. The maximum atomic E-state index is 12.4. The fourth-order valence-corrected chi connectivity index (χ4v) is 2.77. The number of carboxylic acids is 1. The number of carbonyl (C=O) groups excluding carboxylic acids is 1. The van der Waals surface area contributed by atoms with Gasteiger partial charge in [0.05, 0.1) is 12.0 Å². The van der Waals surface area contributed by atoms with Crippen LogP contribution in [0.3, 0.4) is 0 Å². The van der Waals surface area contributed by atoms with Crippen molar-refractivity contribution in [2.45, 2.75) is 44.7 Å². The number of nitrogens with zero attached hydrogens (tertiary/aromatic N) is 1. The summed E-state index contributed by atoms with van der Waals surface area (Å²) in [5.41, 5.74) is 7.63. The number of aliphatic carboxylic acids is 1. The quantitative estimate of drug-likeness (QED) is 0.864. The fraction of sp³-hybridized carbons (Fsp3) is 0.500. The van der Waals surface area contributed by atoms with Crippen LogP contribution < -0.4 is 5.73 Å². The lowest BCUT2D eigenvalue weighted by atomic mass is 9.89. The number of amides is 1. The van der Waals surface area contributed by atoms with Crippen molar-refractivity contribution in [2.75, 3.05) is 6.54 Å². The van der Waals surface area contributed by atoms with Crippen molar-refractivity contribution in [2.24, 2.45) is 5.73 Å². The molecule has 0 aliphatic carbocycles. The van der Waals surface area contributed by atoms with Crippen LogP contribution in [-0.2, 0) is 16.1 Å². The predicted molar refractivity (Wildman–Crippen MR) is 79.7 cm³/mol. The van der Waals surface area contributed by atoms with Gasteiger partial charge in [0.15, 0.2) is 0 Å². The Hall–Kier alpha value is -1.88. The van der Waals surface area contributed by atoms with E-state index in [-0.39, 0.29) is 12.5 Å². The smallest absolute Gasteiger partial charge is 0.312 e. The second-order valence-corrected chi connectivity index (χ2v) is 5.56. The average molecular weight is 290 g/mol. The van der Waals surface area contributed by atoms with E-state index in [1.807, 2.05) is 24.3 Å². The number of fused-ring (bicyclic) bond motifs is 1. The van der Waals surface area contributed by atoms with Crippen LogP contribution in [-0.4, -0.2) is 34.5 Å². The molecule has 1 aromatic carbocycles. The average Bonchev–Trinajstić information content (AvgIpc) is 2.50. The Balaban J connectivity index is 2.17. The SMILES string of the molecule is CCCC[C@H](N)C(=O)N1Cc2ccccc2C(C(=O)O)C1. The van der Waals surface area contributed by atoms with Gasteiger partial charge in [-0.05, 0) is 17.5 Å². The second-order valence-electron chi connectivity index (χ2n) is 5.56. The van der Waals surface area contributed by atoms with Gasteiger partial charge in [0.25, 0.3) is 0 Å². The third kappa shape index (κ3) is 3.42. The minimum atomic E-state index is -0.901. The van der Waals surface area contributed by atoms with Crippen LogP contribution in [0.5, 0.6) is 0 Å². The molecule has 0 spiro atoms. The molecular formula is C16H22N2O3. The van der Waals surface area contributed by atoms with E-state index in [1.165, 1.54) is 0 Å². The maximum Gasteiger partial charge on any atom is 0.312 e. The molecule has 3 N–H and O–H groups in total. The summed E-state index contributed by atoms with van der Waals surface area (Å²) in [4.78, 5) is 25.4.